The summed E-state index contributed by atoms with van der Waals surface area (Å²) >= 11 is 0. The maximum absolute atomic E-state index is 11.4. The second kappa shape index (κ2) is 4.73. The van der Waals surface area contributed by atoms with Crippen molar-refractivity contribution in [2.24, 2.45) is 0 Å². The van der Waals surface area contributed by atoms with Crippen LogP contribution in [0.4, 0.5) is 0 Å². The monoisotopic (exact) mass is 259 g/mol. The molecule has 0 radical (unpaired) electrons. The molecule has 7 heteroatoms. The lowest BCUT2D eigenvalue weighted by atomic mass is 10.2. The largest absolute Gasteiger partial charge is 0.424 e. The van der Waals surface area contributed by atoms with Crippen molar-refractivity contribution in [3.8, 4) is 0 Å². The molecule has 0 spiro atoms. The number of rotatable bonds is 4. The van der Waals surface area contributed by atoms with Gasteiger partial charge in [0.05, 0.1) is 18.1 Å². The van der Waals surface area contributed by atoms with Crippen molar-refractivity contribution in [3.05, 3.63) is 11.8 Å². The molecule has 0 aromatic carbocycles. The molecule has 6 nitrogen and oxygen atoms in total. The maximum Gasteiger partial charge on any atom is 0.230 e. The lowest BCUT2D eigenvalue weighted by Gasteiger charge is -2.24. The van der Waals surface area contributed by atoms with Gasteiger partial charge in [-0.05, 0) is 13.0 Å². The van der Waals surface area contributed by atoms with E-state index >= 15 is 0 Å². The standard InChI is InChI=1S/C10H17N3O3S/c1-3-13(6-10-12-11-8(2)16-10)9-4-5-17(14,15)7-9/h9H,3-7H2,1-2H3. The van der Waals surface area contributed by atoms with Gasteiger partial charge in [-0.1, -0.05) is 6.92 Å². The number of hydrogen-bond donors (Lipinski definition) is 0. The van der Waals surface area contributed by atoms with E-state index < -0.39 is 9.84 Å². The second-order valence-electron chi connectivity index (χ2n) is 4.33. The van der Waals surface area contributed by atoms with Crippen LogP contribution in [0.15, 0.2) is 4.42 Å². The zero-order valence-corrected chi connectivity index (χ0v) is 10.9. The molecular weight excluding hydrogens is 242 g/mol. The van der Waals surface area contributed by atoms with E-state index in [4.69, 9.17) is 4.42 Å². The van der Waals surface area contributed by atoms with Crippen LogP contribution in [-0.4, -0.2) is 47.6 Å². The number of sulfone groups is 1. The predicted molar refractivity (Wildman–Crippen MR) is 62.2 cm³/mol. The second-order valence-corrected chi connectivity index (χ2v) is 6.56. The molecule has 96 valence electrons. The quantitative estimate of drug-likeness (QED) is 0.778. The Balaban J connectivity index is 2.02. The molecule has 1 atom stereocenters. The van der Waals surface area contributed by atoms with Gasteiger partial charge in [-0.3, -0.25) is 4.90 Å². The summed E-state index contributed by atoms with van der Waals surface area (Å²) < 4.78 is 28.2. The molecule has 1 aromatic heterocycles. The number of hydrogen-bond acceptors (Lipinski definition) is 6. The Morgan fingerprint density at radius 1 is 1.47 bits per heavy atom. The van der Waals surface area contributed by atoms with Gasteiger partial charge in [-0.2, -0.15) is 0 Å². The molecule has 1 aliphatic heterocycles. The minimum atomic E-state index is -2.85. The Kier molecular flexibility index (Phi) is 3.48. The minimum Gasteiger partial charge on any atom is -0.424 e. The number of aromatic nitrogens is 2. The van der Waals surface area contributed by atoms with Gasteiger partial charge in [0.15, 0.2) is 9.84 Å². The lowest BCUT2D eigenvalue weighted by molar-refractivity contribution is 0.193. The van der Waals surface area contributed by atoms with E-state index in [1.165, 1.54) is 0 Å². The van der Waals surface area contributed by atoms with Crippen molar-refractivity contribution in [1.82, 2.24) is 15.1 Å². The summed E-state index contributed by atoms with van der Waals surface area (Å²) in [5.74, 6) is 1.62. The molecule has 1 unspecified atom stereocenters. The first-order valence-corrected chi connectivity index (χ1v) is 7.56. The van der Waals surface area contributed by atoms with Gasteiger partial charge in [0.1, 0.15) is 0 Å². The Hall–Kier alpha value is -0.950. The summed E-state index contributed by atoms with van der Waals surface area (Å²) in [6, 6.07) is 0.0807. The van der Waals surface area contributed by atoms with Crippen LogP contribution in [0.25, 0.3) is 0 Å². The van der Waals surface area contributed by atoms with Gasteiger partial charge < -0.3 is 4.42 Å². The van der Waals surface area contributed by atoms with Crippen molar-refractivity contribution in [2.75, 3.05) is 18.1 Å². The van der Waals surface area contributed by atoms with Crippen molar-refractivity contribution < 1.29 is 12.8 Å². The van der Waals surface area contributed by atoms with Crippen molar-refractivity contribution in [1.29, 1.82) is 0 Å². The van der Waals surface area contributed by atoms with Crippen LogP contribution in [0.3, 0.4) is 0 Å². The molecule has 1 aromatic rings. The third-order valence-electron chi connectivity index (χ3n) is 3.04. The van der Waals surface area contributed by atoms with Crippen molar-refractivity contribution >= 4 is 9.84 Å². The summed E-state index contributed by atoms with van der Waals surface area (Å²) in [6.45, 7) is 5.06. The zero-order valence-electron chi connectivity index (χ0n) is 10.1. The first-order chi connectivity index (χ1) is 8.00. The molecule has 1 aliphatic rings. The Morgan fingerprint density at radius 3 is 2.71 bits per heavy atom. The molecule has 17 heavy (non-hydrogen) atoms. The van der Waals surface area contributed by atoms with E-state index in [1.807, 2.05) is 6.92 Å². The molecule has 0 amide bonds. The molecule has 0 saturated carbocycles. The van der Waals surface area contributed by atoms with Crippen LogP contribution in [0.5, 0.6) is 0 Å². The van der Waals surface area contributed by atoms with Crippen LogP contribution in [0, 0.1) is 6.92 Å². The van der Waals surface area contributed by atoms with Crippen molar-refractivity contribution in [3.63, 3.8) is 0 Å². The summed E-state index contributed by atoms with van der Waals surface area (Å²) in [6.07, 6.45) is 0.698. The first kappa shape index (κ1) is 12.5. The fraction of sp³-hybridized carbons (Fsp3) is 0.800. The topological polar surface area (TPSA) is 76.3 Å². The van der Waals surface area contributed by atoms with E-state index in [2.05, 4.69) is 15.1 Å². The van der Waals surface area contributed by atoms with Crippen LogP contribution in [-0.2, 0) is 16.4 Å². The fourth-order valence-corrected chi connectivity index (χ4v) is 3.90. The van der Waals surface area contributed by atoms with Gasteiger partial charge >= 0.3 is 0 Å². The SMILES string of the molecule is CCN(Cc1nnc(C)o1)C1CCS(=O)(=O)C1. The smallest absolute Gasteiger partial charge is 0.230 e. The average Bonchev–Trinajstić information content (AvgIpc) is 2.81. The molecule has 1 fully saturated rings. The third-order valence-corrected chi connectivity index (χ3v) is 4.79. The highest BCUT2D eigenvalue weighted by Crippen LogP contribution is 2.19. The van der Waals surface area contributed by atoms with E-state index in [0.29, 0.717) is 24.7 Å². The molecule has 0 bridgehead atoms. The lowest BCUT2D eigenvalue weighted by Crippen LogP contribution is -2.35. The fourth-order valence-electron chi connectivity index (χ4n) is 2.14. The van der Waals surface area contributed by atoms with Gasteiger partial charge in [-0.25, -0.2) is 8.42 Å². The molecule has 0 aliphatic carbocycles. The van der Waals surface area contributed by atoms with E-state index in [9.17, 15) is 8.42 Å². The normalized spacial score (nSPS) is 23.4. The molecule has 2 rings (SSSR count). The van der Waals surface area contributed by atoms with Crippen LogP contribution in [0.1, 0.15) is 25.1 Å². The van der Waals surface area contributed by atoms with Crippen LogP contribution >= 0.6 is 0 Å². The number of aryl methyl sites for hydroxylation is 1. The van der Waals surface area contributed by atoms with E-state index in [0.717, 1.165) is 6.54 Å². The Bertz CT molecular complexity index is 483. The number of nitrogens with zero attached hydrogens (tertiary/aromatic N) is 3. The molecule has 2 heterocycles. The molecular formula is C10H17N3O3S. The molecule has 1 saturated heterocycles. The summed E-state index contributed by atoms with van der Waals surface area (Å²) in [5, 5.41) is 7.70. The van der Waals surface area contributed by atoms with Crippen LogP contribution in [0.2, 0.25) is 0 Å². The predicted octanol–water partition coefficient (Wildman–Crippen LogP) is 0.387. The molecule has 0 N–H and O–H groups in total. The zero-order chi connectivity index (χ0) is 12.5. The van der Waals surface area contributed by atoms with Gasteiger partial charge in [0.2, 0.25) is 11.8 Å². The summed E-state index contributed by atoms with van der Waals surface area (Å²) in [4.78, 5) is 2.08. The highest BCUT2D eigenvalue weighted by molar-refractivity contribution is 7.91. The maximum atomic E-state index is 11.4. The summed E-state index contributed by atoms with van der Waals surface area (Å²) in [5.41, 5.74) is 0. The highest BCUT2D eigenvalue weighted by atomic mass is 32.2. The first-order valence-electron chi connectivity index (χ1n) is 5.73. The average molecular weight is 259 g/mol. The van der Waals surface area contributed by atoms with Gasteiger partial charge in [0, 0.05) is 13.0 Å². The Labute approximate surface area is 101 Å². The van der Waals surface area contributed by atoms with Gasteiger partial charge in [-0.15, -0.1) is 10.2 Å². The third kappa shape index (κ3) is 3.04. The minimum absolute atomic E-state index is 0.0807. The summed E-state index contributed by atoms with van der Waals surface area (Å²) in [7, 11) is -2.85. The van der Waals surface area contributed by atoms with Gasteiger partial charge in [0.25, 0.3) is 0 Å². The van der Waals surface area contributed by atoms with E-state index in [1.54, 1.807) is 6.92 Å². The van der Waals surface area contributed by atoms with E-state index in [-0.39, 0.29) is 17.5 Å². The van der Waals surface area contributed by atoms with Crippen molar-refractivity contribution in [2.45, 2.75) is 32.9 Å². The van der Waals surface area contributed by atoms with Crippen LogP contribution < -0.4 is 0 Å². The highest BCUT2D eigenvalue weighted by Gasteiger charge is 2.32. The Morgan fingerprint density at radius 2 is 2.24 bits per heavy atom.